The molecule has 6 nitrogen and oxygen atoms in total. The highest BCUT2D eigenvalue weighted by atomic mass is 32.2. The lowest BCUT2D eigenvalue weighted by Gasteiger charge is -2.08. The minimum absolute atomic E-state index is 0.00310. The van der Waals surface area contributed by atoms with Gasteiger partial charge >= 0.3 is 0 Å². The van der Waals surface area contributed by atoms with Crippen LogP contribution in [0.5, 0.6) is 0 Å². The summed E-state index contributed by atoms with van der Waals surface area (Å²) in [6.45, 7) is 4.14. The molecule has 9 heteroatoms. The number of hydrogen-bond acceptors (Lipinski definition) is 6. The summed E-state index contributed by atoms with van der Waals surface area (Å²) in [4.78, 5) is 13.5. The molecule has 0 spiro atoms. The van der Waals surface area contributed by atoms with Crippen LogP contribution in [0.4, 0.5) is 0 Å². The van der Waals surface area contributed by atoms with Crippen molar-refractivity contribution in [1.82, 2.24) is 10.0 Å². The van der Waals surface area contributed by atoms with Crippen molar-refractivity contribution >= 4 is 38.6 Å². The van der Waals surface area contributed by atoms with E-state index in [-0.39, 0.29) is 22.9 Å². The van der Waals surface area contributed by atoms with Crippen LogP contribution in [0.1, 0.15) is 31.6 Å². The highest BCUT2D eigenvalue weighted by Crippen LogP contribution is 2.23. The predicted octanol–water partition coefficient (Wildman–Crippen LogP) is 3.43. The Labute approximate surface area is 159 Å². The van der Waals surface area contributed by atoms with Crippen LogP contribution in [0.25, 0.3) is 0 Å². The van der Waals surface area contributed by atoms with Crippen LogP contribution in [0.2, 0.25) is 0 Å². The molecule has 0 fully saturated rings. The molecule has 138 valence electrons. The van der Waals surface area contributed by atoms with Crippen LogP contribution in [0.15, 0.2) is 44.3 Å². The van der Waals surface area contributed by atoms with E-state index in [0.717, 1.165) is 33.3 Å². The van der Waals surface area contributed by atoms with Crippen LogP contribution < -0.4 is 10.0 Å². The number of furan rings is 1. The predicted molar refractivity (Wildman–Crippen MR) is 102 cm³/mol. The van der Waals surface area contributed by atoms with Gasteiger partial charge in [0.2, 0.25) is 10.0 Å². The van der Waals surface area contributed by atoms with Gasteiger partial charge in [0.1, 0.15) is 21.3 Å². The summed E-state index contributed by atoms with van der Waals surface area (Å²) >= 11 is 2.57. The Morgan fingerprint density at radius 1 is 1.15 bits per heavy atom. The maximum absolute atomic E-state index is 12.6. The average Bonchev–Trinajstić information content (AvgIpc) is 3.32. The van der Waals surface area contributed by atoms with Gasteiger partial charge in [-0.25, -0.2) is 13.1 Å². The molecule has 0 bridgehead atoms. The number of nitrogens with one attached hydrogen (secondary N) is 2. The van der Waals surface area contributed by atoms with Crippen LogP contribution in [0, 0.1) is 13.8 Å². The fourth-order valence-electron chi connectivity index (χ4n) is 2.45. The van der Waals surface area contributed by atoms with Gasteiger partial charge in [-0.15, -0.1) is 22.7 Å². The molecule has 0 unspecified atom stereocenters. The fraction of sp³-hybridized carbons (Fsp3) is 0.235. The molecule has 0 aliphatic rings. The van der Waals surface area contributed by atoms with Crippen molar-refractivity contribution in [3.05, 3.63) is 61.9 Å². The van der Waals surface area contributed by atoms with Crippen molar-refractivity contribution in [3.63, 3.8) is 0 Å². The number of aryl methyl sites for hydroxylation is 2. The van der Waals surface area contributed by atoms with Gasteiger partial charge in [0.25, 0.3) is 5.91 Å². The van der Waals surface area contributed by atoms with Crippen molar-refractivity contribution in [1.29, 1.82) is 0 Å². The smallest absolute Gasteiger partial charge is 0.263 e. The van der Waals surface area contributed by atoms with Crippen LogP contribution in [-0.2, 0) is 23.1 Å². The molecule has 0 aromatic carbocycles. The third kappa shape index (κ3) is 4.24. The molecule has 3 aromatic rings. The Kier molecular flexibility index (Phi) is 5.61. The lowest BCUT2D eigenvalue weighted by Crippen LogP contribution is -2.27. The van der Waals surface area contributed by atoms with Gasteiger partial charge in [-0.1, -0.05) is 6.07 Å². The molecule has 0 saturated carbocycles. The Morgan fingerprint density at radius 3 is 2.62 bits per heavy atom. The van der Waals surface area contributed by atoms with E-state index in [4.69, 9.17) is 4.42 Å². The second-order valence-corrected chi connectivity index (χ2v) is 9.32. The van der Waals surface area contributed by atoms with Gasteiger partial charge < -0.3 is 9.73 Å². The molecule has 3 aromatic heterocycles. The maximum atomic E-state index is 12.6. The largest absolute Gasteiger partial charge is 0.466 e. The highest BCUT2D eigenvalue weighted by molar-refractivity contribution is 7.89. The van der Waals surface area contributed by atoms with Crippen molar-refractivity contribution in [2.45, 2.75) is 31.8 Å². The molecule has 3 heterocycles. The number of hydrogen-bond donors (Lipinski definition) is 2. The van der Waals surface area contributed by atoms with Crippen molar-refractivity contribution in [2.75, 3.05) is 0 Å². The number of thiophene rings is 2. The minimum Gasteiger partial charge on any atom is -0.466 e. The third-order valence-corrected chi connectivity index (χ3v) is 7.09. The molecule has 0 aliphatic carbocycles. The molecule has 0 atom stereocenters. The van der Waals surface area contributed by atoms with Crippen LogP contribution in [-0.4, -0.2) is 14.3 Å². The molecule has 2 N–H and O–H groups in total. The summed E-state index contributed by atoms with van der Waals surface area (Å²) in [6.07, 6.45) is 0. The standard InChI is InChI=1S/C17H18N2O4S3/c1-11-8-13(12(2)23-11)9-18-17(20)16-15(5-7-25-16)26(21,22)19-10-14-4-3-6-24-14/h3-8,19H,9-10H2,1-2H3,(H,18,20). The highest BCUT2D eigenvalue weighted by Gasteiger charge is 2.24. The molecule has 0 saturated heterocycles. The summed E-state index contributed by atoms with van der Waals surface area (Å²) in [5.74, 6) is 1.08. The zero-order valence-electron chi connectivity index (χ0n) is 14.2. The first-order valence-corrected chi connectivity index (χ1v) is 11.0. The third-order valence-electron chi connectivity index (χ3n) is 3.72. The summed E-state index contributed by atoms with van der Waals surface area (Å²) in [7, 11) is -3.77. The Hall–Kier alpha value is -1.94. The van der Waals surface area contributed by atoms with Gasteiger partial charge in [0, 0.05) is 23.5 Å². The first-order chi connectivity index (χ1) is 12.4. The first-order valence-electron chi connectivity index (χ1n) is 7.80. The molecule has 26 heavy (non-hydrogen) atoms. The number of amides is 1. The summed E-state index contributed by atoms with van der Waals surface area (Å²) in [6, 6.07) is 7.01. The van der Waals surface area contributed by atoms with E-state index in [1.807, 2.05) is 37.4 Å². The fourth-order valence-corrected chi connectivity index (χ4v) is 5.53. The van der Waals surface area contributed by atoms with Gasteiger partial charge in [0.05, 0.1) is 0 Å². The first kappa shape index (κ1) is 18.8. The number of carbonyl (C=O) groups is 1. The second-order valence-electron chi connectivity index (χ2n) is 5.64. The van der Waals surface area contributed by atoms with E-state index in [0.29, 0.717) is 0 Å². The zero-order chi connectivity index (χ0) is 18.7. The molecule has 1 amide bonds. The summed E-state index contributed by atoms with van der Waals surface area (Å²) < 4.78 is 33.1. The van der Waals surface area contributed by atoms with E-state index in [1.54, 1.807) is 5.38 Å². The Morgan fingerprint density at radius 2 is 1.96 bits per heavy atom. The van der Waals surface area contributed by atoms with Crippen LogP contribution >= 0.6 is 22.7 Å². The van der Waals surface area contributed by atoms with E-state index in [1.165, 1.54) is 17.4 Å². The van der Waals surface area contributed by atoms with Crippen molar-refractivity contribution < 1.29 is 17.6 Å². The average molecular weight is 411 g/mol. The van der Waals surface area contributed by atoms with E-state index < -0.39 is 15.9 Å². The quantitative estimate of drug-likeness (QED) is 0.625. The van der Waals surface area contributed by atoms with Gasteiger partial charge in [0.15, 0.2) is 0 Å². The van der Waals surface area contributed by atoms with Gasteiger partial charge in [-0.05, 0) is 42.8 Å². The van der Waals surface area contributed by atoms with Gasteiger partial charge in [-0.3, -0.25) is 4.79 Å². The number of rotatable bonds is 7. The molecule has 3 rings (SSSR count). The summed E-state index contributed by atoms with van der Waals surface area (Å²) in [5, 5.41) is 6.24. The number of sulfonamides is 1. The maximum Gasteiger partial charge on any atom is 0.263 e. The van der Waals surface area contributed by atoms with Gasteiger partial charge in [-0.2, -0.15) is 0 Å². The Bertz CT molecular complexity index is 1000. The van der Waals surface area contributed by atoms with E-state index in [2.05, 4.69) is 10.0 Å². The van der Waals surface area contributed by atoms with E-state index in [9.17, 15) is 13.2 Å². The topological polar surface area (TPSA) is 88.4 Å². The van der Waals surface area contributed by atoms with E-state index >= 15 is 0 Å². The molecular formula is C17H18N2O4S3. The monoisotopic (exact) mass is 410 g/mol. The van der Waals surface area contributed by atoms with Crippen molar-refractivity contribution in [2.24, 2.45) is 0 Å². The molecule has 0 aliphatic heterocycles. The Balaban J connectivity index is 1.70. The lowest BCUT2D eigenvalue weighted by atomic mass is 10.2. The second kappa shape index (κ2) is 7.75. The van der Waals surface area contributed by atoms with Crippen molar-refractivity contribution in [3.8, 4) is 0 Å². The summed E-state index contributed by atoms with van der Waals surface area (Å²) in [5.41, 5.74) is 0.868. The lowest BCUT2D eigenvalue weighted by molar-refractivity contribution is 0.0952. The minimum atomic E-state index is -3.77. The molecular weight excluding hydrogens is 392 g/mol. The zero-order valence-corrected chi connectivity index (χ0v) is 16.7. The normalized spacial score (nSPS) is 11.6. The number of carbonyl (C=O) groups excluding carboxylic acids is 1. The molecule has 0 radical (unpaired) electrons. The SMILES string of the molecule is Cc1cc(CNC(=O)c2sccc2S(=O)(=O)NCc2cccs2)c(C)o1. The van der Waals surface area contributed by atoms with Crippen LogP contribution in [0.3, 0.4) is 0 Å².